The Morgan fingerprint density at radius 1 is 1.21 bits per heavy atom. The van der Waals surface area contributed by atoms with Crippen molar-refractivity contribution in [3.05, 3.63) is 71.2 Å². The number of halogens is 2. The van der Waals surface area contributed by atoms with Crippen LogP contribution in [0, 0.1) is 0 Å². The van der Waals surface area contributed by atoms with Crippen LogP contribution in [-0.2, 0) is 11.2 Å². The number of nitrogens with one attached hydrogen (secondary N) is 2. The number of anilines is 1. The second-order valence-electron chi connectivity index (χ2n) is 10.1. The lowest BCUT2D eigenvalue weighted by molar-refractivity contribution is 0.0715. The van der Waals surface area contributed by atoms with E-state index < -0.39 is 18.1 Å². The monoisotopic (exact) mass is 523 g/mol. The van der Waals surface area contributed by atoms with E-state index >= 15 is 0 Å². The number of benzene rings is 1. The number of carbonyl (C=O) groups excluding carboxylic acids is 1. The molecule has 38 heavy (non-hydrogen) atoms. The van der Waals surface area contributed by atoms with Crippen molar-refractivity contribution >= 4 is 23.4 Å². The summed E-state index contributed by atoms with van der Waals surface area (Å²) in [4.78, 5) is 19.5. The number of methoxy groups -OCH3 is 1. The van der Waals surface area contributed by atoms with Gasteiger partial charge in [0.25, 0.3) is 5.91 Å². The van der Waals surface area contributed by atoms with Crippen molar-refractivity contribution in [2.24, 2.45) is 0 Å². The third-order valence-corrected chi connectivity index (χ3v) is 7.69. The van der Waals surface area contributed by atoms with Crippen LogP contribution in [-0.4, -0.2) is 52.8 Å². The molecule has 3 atom stereocenters. The fourth-order valence-corrected chi connectivity index (χ4v) is 5.47. The van der Waals surface area contributed by atoms with Crippen LogP contribution in [0.3, 0.4) is 0 Å². The number of alkyl halides is 1. The fourth-order valence-electron chi connectivity index (χ4n) is 5.47. The number of ether oxygens (including phenoxy) is 1. The minimum Gasteiger partial charge on any atom is -0.374 e. The topological polar surface area (TPSA) is 71.4 Å². The van der Waals surface area contributed by atoms with Crippen LogP contribution in [0.15, 0.2) is 48.6 Å². The Hall–Kier alpha value is -3.46. The van der Waals surface area contributed by atoms with Gasteiger partial charge in [-0.15, -0.1) is 0 Å². The Morgan fingerprint density at radius 2 is 2.00 bits per heavy atom. The summed E-state index contributed by atoms with van der Waals surface area (Å²) in [7, 11) is 3.27. The van der Waals surface area contributed by atoms with Crippen molar-refractivity contribution in [3.63, 3.8) is 0 Å². The van der Waals surface area contributed by atoms with Gasteiger partial charge in [-0.2, -0.15) is 0 Å². The van der Waals surface area contributed by atoms with Crippen LogP contribution in [0.5, 0.6) is 0 Å². The van der Waals surface area contributed by atoms with Crippen LogP contribution < -0.4 is 10.6 Å². The molecule has 1 amide bonds. The first kappa shape index (κ1) is 26.2. The highest BCUT2D eigenvalue weighted by Gasteiger charge is 2.33. The number of allylic oxidation sites excluding steroid dienone is 2. The molecule has 1 aliphatic heterocycles. The number of fused-ring (bicyclic) bond motifs is 1. The Kier molecular flexibility index (Phi) is 7.65. The van der Waals surface area contributed by atoms with Crippen molar-refractivity contribution in [2.45, 2.75) is 69.9 Å². The predicted octanol–water partition coefficient (Wildman–Crippen LogP) is 5.60. The van der Waals surface area contributed by atoms with E-state index in [9.17, 15) is 13.6 Å². The number of aryl methyl sites for hydroxylation is 1. The van der Waals surface area contributed by atoms with Crippen LogP contribution in [0.1, 0.15) is 72.6 Å². The van der Waals surface area contributed by atoms with Gasteiger partial charge in [0.2, 0.25) is 0 Å². The molecule has 3 unspecified atom stereocenters. The quantitative estimate of drug-likeness (QED) is 0.495. The molecule has 0 saturated heterocycles. The smallest absolute Gasteiger partial charge is 0.251 e. The molecular weight excluding hydrogens is 488 g/mol. The molecule has 7 nitrogen and oxygen atoms in total. The van der Waals surface area contributed by atoms with E-state index in [1.54, 1.807) is 23.0 Å². The van der Waals surface area contributed by atoms with E-state index in [4.69, 9.17) is 4.74 Å². The average molecular weight is 524 g/mol. The summed E-state index contributed by atoms with van der Waals surface area (Å²) in [6.45, 7) is 2.04. The lowest BCUT2D eigenvalue weighted by Crippen LogP contribution is -2.36. The highest BCUT2D eigenvalue weighted by atomic mass is 19.2. The molecule has 2 heterocycles. The summed E-state index contributed by atoms with van der Waals surface area (Å²) in [6.07, 6.45) is 11.5. The molecule has 2 aliphatic carbocycles. The van der Waals surface area contributed by atoms with E-state index in [-0.39, 0.29) is 23.7 Å². The zero-order valence-electron chi connectivity index (χ0n) is 22.1. The maximum absolute atomic E-state index is 14.9. The fraction of sp³-hybridized carbons (Fsp3) is 0.448. The normalized spacial score (nSPS) is 23.5. The average Bonchev–Trinajstić information content (AvgIpc) is 3.36. The molecule has 2 N–H and O–H groups in total. The van der Waals surface area contributed by atoms with Gasteiger partial charge in [0.15, 0.2) is 18.2 Å². The van der Waals surface area contributed by atoms with Gasteiger partial charge in [-0.3, -0.25) is 9.36 Å². The highest BCUT2D eigenvalue weighted by molar-refractivity contribution is 5.96. The van der Waals surface area contributed by atoms with E-state index in [2.05, 4.69) is 15.6 Å². The number of hydrogen-bond acceptors (Lipinski definition) is 5. The lowest BCUT2D eigenvalue weighted by atomic mass is 9.95. The molecule has 1 aromatic heterocycles. The van der Waals surface area contributed by atoms with Crippen LogP contribution in [0.25, 0.3) is 11.8 Å². The maximum atomic E-state index is 14.9. The maximum Gasteiger partial charge on any atom is 0.251 e. The molecule has 3 aliphatic rings. The van der Waals surface area contributed by atoms with Crippen LogP contribution >= 0.6 is 0 Å². The molecule has 0 bridgehead atoms. The van der Waals surface area contributed by atoms with E-state index in [0.717, 1.165) is 43.4 Å². The molecule has 1 fully saturated rings. The highest BCUT2D eigenvalue weighted by Crippen LogP contribution is 2.35. The zero-order valence-corrected chi connectivity index (χ0v) is 22.1. The van der Waals surface area contributed by atoms with Crippen molar-refractivity contribution in [1.82, 2.24) is 19.8 Å². The van der Waals surface area contributed by atoms with Crippen molar-refractivity contribution in [2.75, 3.05) is 19.5 Å². The molecular formula is C29H35F2N5O2. The number of nitrogens with zero attached hydrogens (tertiary/aromatic N) is 3. The first-order valence-corrected chi connectivity index (χ1v) is 13.3. The number of amides is 1. The van der Waals surface area contributed by atoms with Crippen LogP contribution in [0.2, 0.25) is 0 Å². The first-order chi connectivity index (χ1) is 18.4. The van der Waals surface area contributed by atoms with Gasteiger partial charge in [0, 0.05) is 49.4 Å². The number of hydrogen-bond donors (Lipinski definition) is 2. The molecule has 0 spiro atoms. The van der Waals surface area contributed by atoms with E-state index in [1.807, 2.05) is 43.3 Å². The van der Waals surface area contributed by atoms with Crippen LogP contribution in [0.4, 0.5) is 14.5 Å². The van der Waals surface area contributed by atoms with Gasteiger partial charge in [0.05, 0.1) is 11.9 Å². The molecule has 0 radical (unpaired) electrons. The van der Waals surface area contributed by atoms with E-state index in [0.29, 0.717) is 17.1 Å². The largest absolute Gasteiger partial charge is 0.374 e. The number of aromatic nitrogens is 2. The van der Waals surface area contributed by atoms with Gasteiger partial charge in [0.1, 0.15) is 11.9 Å². The minimum atomic E-state index is -1.86. The third kappa shape index (κ3) is 4.99. The predicted molar refractivity (Wildman–Crippen MR) is 145 cm³/mol. The van der Waals surface area contributed by atoms with Crippen molar-refractivity contribution < 1.29 is 18.3 Å². The molecule has 2 aromatic rings. The summed E-state index contributed by atoms with van der Waals surface area (Å²) in [5.74, 6) is -0.246. The second kappa shape index (κ2) is 11.1. The molecule has 1 saturated carbocycles. The van der Waals surface area contributed by atoms with Gasteiger partial charge in [-0.1, -0.05) is 38.3 Å². The third-order valence-electron chi connectivity index (χ3n) is 7.69. The van der Waals surface area contributed by atoms with Gasteiger partial charge >= 0.3 is 0 Å². The number of imidazole rings is 1. The Morgan fingerprint density at radius 3 is 2.74 bits per heavy atom. The molecule has 9 heteroatoms. The van der Waals surface area contributed by atoms with Crippen molar-refractivity contribution in [1.29, 1.82) is 0 Å². The van der Waals surface area contributed by atoms with Gasteiger partial charge < -0.3 is 20.3 Å². The summed E-state index contributed by atoms with van der Waals surface area (Å²) in [5.41, 5.74) is 3.12. The molecule has 5 rings (SSSR count). The zero-order chi connectivity index (χ0) is 26.8. The Balaban J connectivity index is 1.37. The summed E-state index contributed by atoms with van der Waals surface area (Å²) >= 11 is 0. The summed E-state index contributed by atoms with van der Waals surface area (Å²) in [5, 5.41) is 6.71. The number of rotatable bonds is 7. The number of carbonyl (C=O) groups is 1. The SMILES string of the molecule is CCc1cc(NC2c3ncc(C4=C(F)C(F)C(OC)C=C4)n3C=CN2C)ccc1C(=O)NC1CCCCC1. The summed E-state index contributed by atoms with van der Waals surface area (Å²) in [6, 6.07) is 6.03. The summed E-state index contributed by atoms with van der Waals surface area (Å²) < 4.78 is 36.2. The first-order valence-electron chi connectivity index (χ1n) is 13.3. The standard InChI is InChI=1S/C29H35F2N5O2/c1-4-18-16-20(10-11-21(18)29(37)34-19-8-6-5-7-9-19)33-28-27-32-17-23(36(27)15-14-35(28)2)22-12-13-24(38-3)26(31)25(22)30/h10-17,19,24,26,28,33H,4-9H2,1-3H3,(H,34,37). The van der Waals surface area contributed by atoms with Crippen molar-refractivity contribution in [3.8, 4) is 0 Å². The van der Waals surface area contributed by atoms with Gasteiger partial charge in [-0.05, 0) is 43.0 Å². The minimum absolute atomic E-state index is 0.0177. The lowest BCUT2D eigenvalue weighted by Gasteiger charge is -2.32. The Labute approximate surface area is 222 Å². The van der Waals surface area contributed by atoms with Gasteiger partial charge in [-0.25, -0.2) is 13.8 Å². The molecule has 1 aromatic carbocycles. The molecule has 202 valence electrons. The Bertz CT molecular complexity index is 1280. The van der Waals surface area contributed by atoms with E-state index in [1.165, 1.54) is 19.6 Å². The second-order valence-corrected chi connectivity index (χ2v) is 10.1.